The van der Waals surface area contributed by atoms with Crippen LogP contribution in [0.2, 0.25) is 0 Å². The Morgan fingerprint density at radius 1 is 0.878 bits per heavy atom. The first-order chi connectivity index (χ1) is 23.3. The van der Waals surface area contributed by atoms with Gasteiger partial charge in [0.1, 0.15) is 0 Å². The number of fused-ring (bicyclic) bond motifs is 7. The number of aromatic carboxylic acids is 1. The number of carbonyl (C=O) groups is 2. The van der Waals surface area contributed by atoms with E-state index < -0.39 is 5.97 Å². The molecule has 7 rings (SSSR count). The Bertz CT molecular complexity index is 1470. The van der Waals surface area contributed by atoms with Crippen molar-refractivity contribution in [2.75, 3.05) is 26.2 Å². The highest BCUT2D eigenvalue weighted by atomic mass is 16.4. The Morgan fingerprint density at radius 3 is 2.27 bits per heavy atom. The Kier molecular flexibility index (Phi) is 9.28. The third-order valence-electron chi connectivity index (χ3n) is 16.3. The van der Waals surface area contributed by atoms with E-state index in [-0.39, 0.29) is 21.7 Å². The number of carbonyl (C=O) groups excluding carboxylic acids is 1. The number of benzene rings is 1. The van der Waals surface area contributed by atoms with Crippen LogP contribution in [-0.4, -0.2) is 48.1 Å². The van der Waals surface area contributed by atoms with Crippen LogP contribution in [-0.2, 0) is 4.79 Å². The fourth-order valence-corrected chi connectivity index (χ4v) is 13.7. The molecule has 9 unspecified atom stereocenters. The van der Waals surface area contributed by atoms with Gasteiger partial charge in [0.15, 0.2) is 0 Å². The molecule has 1 heterocycles. The normalized spacial score (nSPS) is 39.8. The van der Waals surface area contributed by atoms with Crippen LogP contribution in [0.3, 0.4) is 0 Å². The zero-order chi connectivity index (χ0) is 34.8. The third kappa shape index (κ3) is 5.67. The fourth-order valence-electron chi connectivity index (χ4n) is 13.7. The molecule has 1 aliphatic heterocycles. The van der Waals surface area contributed by atoms with Crippen LogP contribution < -0.4 is 5.32 Å². The van der Waals surface area contributed by atoms with E-state index in [1.54, 1.807) is 12.1 Å². The highest BCUT2D eigenvalue weighted by Gasteiger charge is 2.69. The zero-order valence-corrected chi connectivity index (χ0v) is 31.3. The SMILES string of the molecule is C=C(C)CC1CCC2(C(=O)NCCN3CCCCC3)CCC3(C)C(CCC4C5CC=C(c6ccc(C(=O)O)cc6)C(C)(C)C5CCC43C)C12. The van der Waals surface area contributed by atoms with Crippen LogP contribution in [0.15, 0.2) is 42.5 Å². The summed E-state index contributed by atoms with van der Waals surface area (Å²) in [5.74, 6) is 3.12. The standard InChI is InChI=1S/C44H64N2O3/c1-29(2)28-32-18-21-44(40(49)45-24-27-46-25-8-7-9-26-46)23-22-43(6)37(38(32)44)17-16-36-33-14-15-34(30-10-12-31(13-11-30)39(47)48)41(3,4)35(33)19-20-42(36,43)5/h10-13,15,32-33,35-38H,1,7-9,14,16-28H2,2-6H3,(H,45,49)(H,47,48). The molecular weight excluding hydrogens is 604 g/mol. The number of carboxylic acid groups (broad SMARTS) is 1. The quantitative estimate of drug-likeness (QED) is 0.271. The molecule has 5 nitrogen and oxygen atoms in total. The smallest absolute Gasteiger partial charge is 0.335 e. The number of amides is 1. The van der Waals surface area contributed by atoms with Crippen molar-refractivity contribution in [1.82, 2.24) is 10.2 Å². The number of likely N-dealkylation sites (tertiary alicyclic amines) is 1. The van der Waals surface area contributed by atoms with Gasteiger partial charge in [-0.3, -0.25) is 4.79 Å². The predicted octanol–water partition coefficient (Wildman–Crippen LogP) is 9.64. The van der Waals surface area contributed by atoms with Gasteiger partial charge in [-0.05, 0) is 172 Å². The van der Waals surface area contributed by atoms with Crippen molar-refractivity contribution in [2.24, 2.45) is 57.2 Å². The third-order valence-corrected chi connectivity index (χ3v) is 16.3. The highest BCUT2D eigenvalue weighted by Crippen LogP contribution is 2.75. The van der Waals surface area contributed by atoms with Crippen molar-refractivity contribution in [2.45, 2.75) is 118 Å². The molecule has 1 aromatic rings. The van der Waals surface area contributed by atoms with Crippen molar-refractivity contribution >= 4 is 17.4 Å². The molecule has 2 N–H and O–H groups in total. The van der Waals surface area contributed by atoms with Gasteiger partial charge in [-0.15, -0.1) is 6.58 Å². The molecule has 5 heteroatoms. The molecule has 6 aliphatic rings. The summed E-state index contributed by atoms with van der Waals surface area (Å²) < 4.78 is 0. The molecule has 9 atom stereocenters. The van der Waals surface area contributed by atoms with E-state index in [4.69, 9.17) is 0 Å². The molecule has 0 aromatic heterocycles. The molecule has 0 radical (unpaired) electrons. The number of piperidine rings is 1. The van der Waals surface area contributed by atoms with Crippen molar-refractivity contribution in [3.05, 3.63) is 53.6 Å². The first-order valence-corrected chi connectivity index (χ1v) is 20.0. The van der Waals surface area contributed by atoms with Crippen molar-refractivity contribution in [1.29, 1.82) is 0 Å². The van der Waals surface area contributed by atoms with Gasteiger partial charge in [-0.25, -0.2) is 4.79 Å². The number of rotatable bonds is 8. The number of nitrogens with zero attached hydrogens (tertiary/aromatic N) is 1. The largest absolute Gasteiger partial charge is 0.478 e. The molecule has 1 saturated heterocycles. The van der Waals surface area contributed by atoms with Gasteiger partial charge in [-0.2, -0.15) is 0 Å². The lowest BCUT2D eigenvalue weighted by molar-refractivity contribution is -0.204. The van der Waals surface area contributed by atoms with E-state index in [0.29, 0.717) is 47.0 Å². The maximum absolute atomic E-state index is 14.5. The summed E-state index contributed by atoms with van der Waals surface area (Å²) >= 11 is 0. The van der Waals surface area contributed by atoms with Gasteiger partial charge >= 0.3 is 5.97 Å². The summed E-state index contributed by atoms with van der Waals surface area (Å²) in [5, 5.41) is 13.0. The number of nitrogens with one attached hydrogen (secondary N) is 1. The second-order valence-corrected chi connectivity index (χ2v) is 18.7. The molecular formula is C44H64N2O3. The Balaban J connectivity index is 1.14. The van der Waals surface area contributed by atoms with Crippen LogP contribution in [0.4, 0.5) is 0 Å². The Morgan fingerprint density at radius 2 is 1.57 bits per heavy atom. The first-order valence-electron chi connectivity index (χ1n) is 20.0. The maximum Gasteiger partial charge on any atom is 0.335 e. The minimum Gasteiger partial charge on any atom is -0.478 e. The van der Waals surface area contributed by atoms with Crippen LogP contribution in [0.25, 0.3) is 5.57 Å². The van der Waals surface area contributed by atoms with E-state index in [2.05, 4.69) is 57.5 Å². The highest BCUT2D eigenvalue weighted by molar-refractivity contribution is 5.88. The molecule has 1 aromatic carbocycles. The van der Waals surface area contributed by atoms with Gasteiger partial charge in [0, 0.05) is 13.1 Å². The van der Waals surface area contributed by atoms with Crippen molar-refractivity contribution in [3.8, 4) is 0 Å². The summed E-state index contributed by atoms with van der Waals surface area (Å²) in [7, 11) is 0. The fraction of sp³-hybridized carbons (Fsp3) is 0.727. The molecule has 268 valence electrons. The second-order valence-electron chi connectivity index (χ2n) is 18.7. The molecule has 49 heavy (non-hydrogen) atoms. The van der Waals surface area contributed by atoms with E-state index in [1.807, 2.05) is 12.1 Å². The molecule has 5 fully saturated rings. The average molecular weight is 669 g/mol. The van der Waals surface area contributed by atoms with Crippen LogP contribution in [0.5, 0.6) is 0 Å². The van der Waals surface area contributed by atoms with Gasteiger partial charge < -0.3 is 15.3 Å². The van der Waals surface area contributed by atoms with E-state index in [1.165, 1.54) is 87.6 Å². The Labute approximate surface area is 296 Å². The number of allylic oxidation sites excluding steroid dienone is 3. The minimum atomic E-state index is -0.865. The van der Waals surface area contributed by atoms with Gasteiger partial charge in [0.25, 0.3) is 0 Å². The Hall–Kier alpha value is -2.40. The van der Waals surface area contributed by atoms with Crippen LogP contribution >= 0.6 is 0 Å². The first kappa shape index (κ1) is 35.0. The summed E-state index contributed by atoms with van der Waals surface area (Å²) in [6.07, 6.45) is 18.2. The van der Waals surface area contributed by atoms with Gasteiger partial charge in [0.2, 0.25) is 5.91 Å². The summed E-state index contributed by atoms with van der Waals surface area (Å²) in [5.41, 5.74) is 4.55. The maximum atomic E-state index is 14.5. The van der Waals surface area contributed by atoms with Crippen molar-refractivity contribution < 1.29 is 14.7 Å². The monoisotopic (exact) mass is 668 g/mol. The number of hydrogen-bond donors (Lipinski definition) is 2. The number of hydrogen-bond acceptors (Lipinski definition) is 3. The zero-order valence-electron chi connectivity index (χ0n) is 31.3. The predicted molar refractivity (Wildman–Crippen MR) is 199 cm³/mol. The van der Waals surface area contributed by atoms with Crippen LogP contribution in [0, 0.1) is 57.2 Å². The topological polar surface area (TPSA) is 69.6 Å². The lowest BCUT2D eigenvalue weighted by Crippen LogP contribution is -2.64. The van der Waals surface area contributed by atoms with Crippen LogP contribution in [0.1, 0.15) is 134 Å². The van der Waals surface area contributed by atoms with E-state index in [9.17, 15) is 14.7 Å². The second kappa shape index (κ2) is 13.0. The summed E-state index contributed by atoms with van der Waals surface area (Å²) in [4.78, 5) is 28.6. The lowest BCUT2D eigenvalue weighted by Gasteiger charge is -2.69. The molecule has 5 aliphatic carbocycles. The summed E-state index contributed by atoms with van der Waals surface area (Å²) in [6.45, 7) is 21.0. The van der Waals surface area contributed by atoms with E-state index in [0.717, 1.165) is 38.8 Å². The molecule has 0 bridgehead atoms. The summed E-state index contributed by atoms with van der Waals surface area (Å²) in [6, 6.07) is 7.58. The molecule has 0 spiro atoms. The molecule has 4 saturated carbocycles. The number of carboxylic acids is 1. The average Bonchev–Trinajstić information content (AvgIpc) is 3.44. The molecule has 1 amide bonds. The lowest BCUT2D eigenvalue weighted by atomic mass is 9.35. The van der Waals surface area contributed by atoms with Crippen molar-refractivity contribution in [3.63, 3.8) is 0 Å². The van der Waals surface area contributed by atoms with Gasteiger partial charge in [0.05, 0.1) is 11.0 Å². The van der Waals surface area contributed by atoms with Gasteiger partial charge in [-0.1, -0.05) is 57.9 Å². The minimum absolute atomic E-state index is 0.0405. The van der Waals surface area contributed by atoms with E-state index >= 15 is 0 Å².